The quantitative estimate of drug-likeness (QED) is 0.758. The highest BCUT2D eigenvalue weighted by Gasteiger charge is 2.12. The summed E-state index contributed by atoms with van der Waals surface area (Å²) in [5.74, 6) is 0. The molecule has 0 fully saturated rings. The van der Waals surface area contributed by atoms with Crippen LogP contribution in [-0.2, 0) is 0 Å². The van der Waals surface area contributed by atoms with Gasteiger partial charge in [-0.05, 0) is 26.4 Å². The van der Waals surface area contributed by atoms with Crippen LogP contribution in [0.4, 0.5) is 0 Å². The largest absolute Gasteiger partial charge is 0.388 e. The third-order valence-corrected chi connectivity index (χ3v) is 2.71. The number of aromatic nitrogens is 3. The highest BCUT2D eigenvalue weighted by molar-refractivity contribution is 6.11. The van der Waals surface area contributed by atoms with Gasteiger partial charge in [0.15, 0.2) is 0 Å². The second-order valence-electron chi connectivity index (χ2n) is 5.04. The van der Waals surface area contributed by atoms with Crippen molar-refractivity contribution in [2.45, 2.75) is 0 Å². The van der Waals surface area contributed by atoms with E-state index in [9.17, 15) is 0 Å². The van der Waals surface area contributed by atoms with Gasteiger partial charge in [-0.3, -0.25) is 0 Å². The highest BCUT2D eigenvalue weighted by Crippen LogP contribution is 2.22. The molecule has 0 amide bonds. The van der Waals surface area contributed by atoms with Gasteiger partial charge in [-0.2, -0.15) is 0 Å². The van der Waals surface area contributed by atoms with Crippen molar-refractivity contribution in [3.63, 3.8) is 0 Å². The number of hydrogen-bond acceptors (Lipinski definition) is 4. The Hall–Kier alpha value is -1.82. The first-order chi connectivity index (χ1) is 8.99. The smallest absolute Gasteiger partial charge is 0.236 e. The van der Waals surface area contributed by atoms with E-state index in [1.54, 1.807) is 12.5 Å². The molecule has 0 saturated carbocycles. The zero-order chi connectivity index (χ0) is 14.0. The summed E-state index contributed by atoms with van der Waals surface area (Å²) in [7, 11) is 13.9. The van der Waals surface area contributed by atoms with E-state index in [2.05, 4.69) is 21.1 Å². The van der Waals surface area contributed by atoms with E-state index in [1.165, 1.54) is 4.48 Å². The molecule has 6 heteroatoms. The van der Waals surface area contributed by atoms with Crippen LogP contribution in [0, 0.1) is 0 Å². The lowest BCUT2D eigenvalue weighted by Crippen LogP contribution is -2.17. The second kappa shape index (κ2) is 5.44. The zero-order valence-electron chi connectivity index (χ0n) is 11.8. The predicted molar refractivity (Wildman–Crippen MR) is 78.9 cm³/mol. The van der Waals surface area contributed by atoms with Gasteiger partial charge in [-0.25, -0.2) is 9.97 Å². The monoisotopic (exact) mass is 255 g/mol. The van der Waals surface area contributed by atoms with Crippen LogP contribution >= 0.6 is 0 Å². The first-order valence-electron chi connectivity index (χ1n) is 6.08. The molecule has 0 N–H and O–H groups in total. The molecule has 19 heavy (non-hydrogen) atoms. The minimum atomic E-state index is 0.744. The molecule has 0 spiro atoms. The summed E-state index contributed by atoms with van der Waals surface area (Å²) < 4.78 is 1.52. The Bertz CT molecular complexity index is 600. The van der Waals surface area contributed by atoms with Crippen LogP contribution in [-0.4, -0.2) is 67.0 Å². The Kier molecular flexibility index (Phi) is 3.90. The molecule has 5 nitrogen and oxygen atoms in total. The van der Waals surface area contributed by atoms with Crippen molar-refractivity contribution >= 4 is 24.6 Å². The van der Waals surface area contributed by atoms with Crippen molar-refractivity contribution in [2.24, 2.45) is 0 Å². The van der Waals surface area contributed by atoms with Crippen molar-refractivity contribution in [3.05, 3.63) is 30.5 Å². The summed E-state index contributed by atoms with van der Waals surface area (Å²) in [5.41, 5.74) is 2.80. The van der Waals surface area contributed by atoms with Crippen molar-refractivity contribution in [1.29, 1.82) is 0 Å². The van der Waals surface area contributed by atoms with Crippen LogP contribution in [0.1, 0.15) is 5.69 Å². The number of rotatable bonds is 4. The van der Waals surface area contributed by atoms with Gasteiger partial charge in [-0.1, -0.05) is 0 Å². The summed E-state index contributed by atoms with van der Waals surface area (Å²) in [6, 6.07) is 1.95. The predicted octanol–water partition coefficient (Wildman–Crippen LogP) is 0.827. The average Bonchev–Trinajstić information content (AvgIpc) is 2.69. The molecular formula is C13H18BN5. The third kappa shape index (κ3) is 2.96. The van der Waals surface area contributed by atoms with Gasteiger partial charge < -0.3 is 14.3 Å². The van der Waals surface area contributed by atoms with E-state index in [0.717, 1.165) is 28.8 Å². The minimum absolute atomic E-state index is 0.744. The maximum Gasteiger partial charge on any atom is 0.236 e. The summed E-state index contributed by atoms with van der Waals surface area (Å²) in [6.07, 6.45) is 5.43. The van der Waals surface area contributed by atoms with Crippen LogP contribution in [0.5, 0.6) is 0 Å². The molecule has 0 unspecified atom stereocenters. The molecule has 2 aromatic rings. The lowest BCUT2D eigenvalue weighted by molar-refractivity contribution is 0.458. The molecule has 0 aliphatic rings. The Labute approximate surface area is 115 Å². The topological polar surface area (TPSA) is 37.2 Å². The van der Waals surface area contributed by atoms with E-state index in [4.69, 9.17) is 7.98 Å². The van der Waals surface area contributed by atoms with E-state index >= 15 is 0 Å². The molecule has 98 valence electrons. The van der Waals surface area contributed by atoms with Gasteiger partial charge >= 0.3 is 0 Å². The highest BCUT2D eigenvalue weighted by atomic mass is 15.1. The molecule has 0 saturated heterocycles. The zero-order valence-corrected chi connectivity index (χ0v) is 11.8. The normalized spacial score (nSPS) is 12.4. The second-order valence-corrected chi connectivity index (χ2v) is 5.04. The standard InChI is InChI=1S/C13H18BN5/c1-17(2)7-10(8-18(3)4)12-11-5-6-19(14)13(11)16-9-15-12/h5-7,9H,8H2,1-4H3/b10-7-. The van der Waals surface area contributed by atoms with Crippen molar-refractivity contribution in [1.82, 2.24) is 24.2 Å². The van der Waals surface area contributed by atoms with Crippen molar-refractivity contribution < 1.29 is 0 Å². The Morgan fingerprint density at radius 1 is 1.32 bits per heavy atom. The van der Waals surface area contributed by atoms with E-state index < -0.39 is 0 Å². The fraction of sp³-hybridized carbons (Fsp3) is 0.385. The third-order valence-electron chi connectivity index (χ3n) is 2.71. The molecule has 2 radical (unpaired) electrons. The van der Waals surface area contributed by atoms with Gasteiger partial charge in [0.1, 0.15) is 12.0 Å². The molecule has 0 aliphatic heterocycles. The Morgan fingerprint density at radius 3 is 2.68 bits per heavy atom. The number of fused-ring (bicyclic) bond motifs is 1. The Morgan fingerprint density at radius 2 is 2.05 bits per heavy atom. The Balaban J connectivity index is 2.56. The molecule has 0 aromatic carbocycles. The lowest BCUT2D eigenvalue weighted by atomic mass is 10.1. The number of likely N-dealkylation sites (N-methyl/N-ethyl adjacent to an activating group) is 1. The van der Waals surface area contributed by atoms with Gasteiger partial charge in [0.05, 0.1) is 5.69 Å². The van der Waals surface area contributed by atoms with E-state index in [-0.39, 0.29) is 0 Å². The molecule has 2 heterocycles. The van der Waals surface area contributed by atoms with Crippen LogP contribution in [0.25, 0.3) is 16.6 Å². The molecule has 2 rings (SSSR count). The average molecular weight is 255 g/mol. The van der Waals surface area contributed by atoms with Crippen LogP contribution in [0.2, 0.25) is 0 Å². The van der Waals surface area contributed by atoms with Gasteiger partial charge in [0.2, 0.25) is 7.98 Å². The fourth-order valence-electron chi connectivity index (χ4n) is 2.06. The first-order valence-corrected chi connectivity index (χ1v) is 6.08. The van der Waals surface area contributed by atoms with Gasteiger partial charge in [0.25, 0.3) is 0 Å². The summed E-state index contributed by atoms with van der Waals surface area (Å²) in [6.45, 7) is 0.806. The van der Waals surface area contributed by atoms with Crippen molar-refractivity contribution in [2.75, 3.05) is 34.7 Å². The van der Waals surface area contributed by atoms with Gasteiger partial charge in [0, 0.05) is 37.8 Å². The molecule has 0 bridgehead atoms. The molecule has 2 aromatic heterocycles. The number of hydrogen-bond donors (Lipinski definition) is 0. The van der Waals surface area contributed by atoms with E-state index in [1.807, 2.05) is 39.2 Å². The maximum absolute atomic E-state index is 5.83. The first kappa shape index (κ1) is 13.6. The summed E-state index contributed by atoms with van der Waals surface area (Å²) in [4.78, 5) is 12.8. The summed E-state index contributed by atoms with van der Waals surface area (Å²) >= 11 is 0. The molecular weight excluding hydrogens is 237 g/mol. The van der Waals surface area contributed by atoms with Gasteiger partial charge in [-0.15, -0.1) is 0 Å². The van der Waals surface area contributed by atoms with Crippen LogP contribution in [0.3, 0.4) is 0 Å². The van der Waals surface area contributed by atoms with E-state index in [0.29, 0.717) is 0 Å². The minimum Gasteiger partial charge on any atom is -0.388 e. The van der Waals surface area contributed by atoms with Crippen LogP contribution in [0.15, 0.2) is 24.8 Å². The molecule has 0 atom stereocenters. The van der Waals surface area contributed by atoms with Crippen LogP contribution < -0.4 is 0 Å². The maximum atomic E-state index is 5.83. The lowest BCUT2D eigenvalue weighted by Gasteiger charge is -2.16. The number of nitrogens with zero attached hydrogens (tertiary/aromatic N) is 5. The van der Waals surface area contributed by atoms with Crippen molar-refractivity contribution in [3.8, 4) is 0 Å². The fourth-order valence-corrected chi connectivity index (χ4v) is 2.06. The summed E-state index contributed by atoms with van der Waals surface area (Å²) in [5, 5.41) is 0.972. The molecule has 0 aliphatic carbocycles. The SMILES string of the molecule is [B]n1ccc2c(/C(=C\N(C)C)CN(C)C)ncnc21.